The van der Waals surface area contributed by atoms with Gasteiger partial charge in [0.05, 0.1) is 0 Å². The van der Waals surface area contributed by atoms with Crippen molar-refractivity contribution in [1.82, 2.24) is 7.36 Å². The molecule has 1 N–H and O–H groups in total. The van der Waals surface area contributed by atoms with Crippen LogP contribution in [0.4, 0.5) is 0 Å². The van der Waals surface area contributed by atoms with Crippen LogP contribution in [-0.2, 0) is 0 Å². The molecule has 0 saturated carbocycles. The number of nitrogens with zero attached hydrogens (tertiary/aromatic N) is 2. The molecule has 0 radical (unpaired) electrons. The Morgan fingerprint density at radius 3 is 2.88 bits per heavy atom. The quantitative estimate of drug-likeness (QED) is 0.567. The van der Waals surface area contributed by atoms with E-state index in [1.807, 2.05) is 8.57 Å². The first-order chi connectivity index (χ1) is 3.83. The molecule has 1 aromatic heterocycles. The second-order valence-corrected chi connectivity index (χ2v) is 3.71. The van der Waals surface area contributed by atoms with Crippen LogP contribution < -0.4 is 0 Å². The van der Waals surface area contributed by atoms with Crippen LogP contribution in [-0.4, -0.2) is 39.6 Å². The van der Waals surface area contributed by atoms with Crippen LogP contribution in [0.1, 0.15) is 5.69 Å². The minimum absolute atomic E-state index is 0.743. The Balaban J connectivity index is 3.00. The standard InChI is InChI=1S/C4H4N3.Tl/c5-1-4-2-6-3-7-4;/h1-3,5H;/q-1;+1. The average Bonchev–Trinajstić information content (AvgIpc) is 2.14. The van der Waals surface area contributed by atoms with Gasteiger partial charge in [-0.1, -0.05) is 0 Å². The molecule has 0 amide bonds. The first-order valence-corrected chi connectivity index (χ1v) is 4.13. The van der Waals surface area contributed by atoms with Gasteiger partial charge >= 0.3 is 63.3 Å². The van der Waals surface area contributed by atoms with E-state index in [1.165, 1.54) is 6.21 Å². The van der Waals surface area contributed by atoms with E-state index in [-0.39, 0.29) is 0 Å². The van der Waals surface area contributed by atoms with E-state index < -0.39 is 0 Å². The van der Waals surface area contributed by atoms with Gasteiger partial charge in [0.2, 0.25) is 0 Å². The maximum absolute atomic E-state index is 6.77. The number of rotatable bonds is 1. The molecule has 1 aromatic rings. The summed E-state index contributed by atoms with van der Waals surface area (Å²) in [6, 6.07) is 0. The Morgan fingerprint density at radius 1 is 1.88 bits per heavy atom. The summed E-state index contributed by atoms with van der Waals surface area (Å²) in [5, 5.41) is 6.77. The van der Waals surface area contributed by atoms with Gasteiger partial charge in [0.15, 0.2) is 0 Å². The fraction of sp³-hybridized carbons (Fsp3) is 0. The summed E-state index contributed by atoms with van der Waals surface area (Å²) in [5.74, 6) is 0. The third-order valence-corrected chi connectivity index (χ3v) is 1.87. The van der Waals surface area contributed by atoms with Crippen molar-refractivity contribution in [2.75, 3.05) is 0 Å². The van der Waals surface area contributed by atoms with Crippen molar-refractivity contribution in [3.63, 3.8) is 0 Å². The van der Waals surface area contributed by atoms with Gasteiger partial charge < -0.3 is 0 Å². The van der Waals surface area contributed by atoms with Gasteiger partial charge in [0.1, 0.15) is 0 Å². The van der Waals surface area contributed by atoms with Gasteiger partial charge in [-0.2, -0.15) is 0 Å². The maximum atomic E-state index is 6.77. The Labute approximate surface area is 63.4 Å². The van der Waals surface area contributed by atoms with E-state index in [4.69, 9.17) is 5.41 Å². The molecule has 38 valence electrons. The van der Waals surface area contributed by atoms with Gasteiger partial charge in [0, 0.05) is 0 Å². The van der Waals surface area contributed by atoms with Crippen LogP contribution >= 0.6 is 0 Å². The van der Waals surface area contributed by atoms with Crippen molar-refractivity contribution in [2.24, 2.45) is 0 Å². The molecule has 0 fully saturated rings. The van der Waals surface area contributed by atoms with Gasteiger partial charge in [-0.15, -0.1) is 0 Å². The number of imidazole rings is 1. The summed E-state index contributed by atoms with van der Waals surface area (Å²) in [5.41, 5.74) is 0.743. The third-order valence-electron chi connectivity index (χ3n) is 0.769. The second-order valence-electron chi connectivity index (χ2n) is 1.39. The van der Waals surface area contributed by atoms with Crippen LogP contribution in [0.15, 0.2) is 12.5 Å². The van der Waals surface area contributed by atoms with Crippen LogP contribution in [0.2, 0.25) is 0 Å². The molecule has 0 aliphatic rings. The SMILES string of the molecule is N=Cc1c[n]([Tl])cn1. The van der Waals surface area contributed by atoms with Crippen molar-refractivity contribution in [2.45, 2.75) is 0 Å². The molecular weight excluding hydrogens is 294 g/mol. The van der Waals surface area contributed by atoms with Crippen LogP contribution in [0.25, 0.3) is 0 Å². The minimum atomic E-state index is 0.743. The first kappa shape index (κ1) is 5.93. The molecule has 0 bridgehead atoms. The Hall–Kier alpha value is -0.198. The van der Waals surface area contributed by atoms with Crippen LogP contribution in [0.5, 0.6) is 0 Å². The van der Waals surface area contributed by atoms with E-state index in [0.717, 1.165) is 31.8 Å². The number of nitrogens with one attached hydrogen (secondary N) is 1. The van der Waals surface area contributed by atoms with Crippen LogP contribution in [0.3, 0.4) is 0 Å². The van der Waals surface area contributed by atoms with Crippen molar-refractivity contribution in [3.8, 4) is 0 Å². The van der Waals surface area contributed by atoms with E-state index in [1.54, 1.807) is 6.33 Å². The summed E-state index contributed by atoms with van der Waals surface area (Å²) in [6.45, 7) is 0. The summed E-state index contributed by atoms with van der Waals surface area (Å²) in [6.07, 6.45) is 4.85. The fourth-order valence-corrected chi connectivity index (χ4v) is 1.28. The Morgan fingerprint density at radius 2 is 2.62 bits per heavy atom. The normalized spacial score (nSPS) is 8.88. The van der Waals surface area contributed by atoms with Gasteiger partial charge in [-0.3, -0.25) is 0 Å². The van der Waals surface area contributed by atoms with E-state index in [0.29, 0.717) is 0 Å². The Kier molecular flexibility index (Phi) is 1.77. The van der Waals surface area contributed by atoms with Crippen molar-refractivity contribution >= 4 is 32.3 Å². The molecule has 8 heavy (non-hydrogen) atoms. The predicted molar refractivity (Wildman–Crippen MR) is 31.3 cm³/mol. The van der Waals surface area contributed by atoms with E-state index in [9.17, 15) is 0 Å². The molecule has 4 heteroatoms. The van der Waals surface area contributed by atoms with Gasteiger partial charge in [-0.25, -0.2) is 0 Å². The van der Waals surface area contributed by atoms with E-state index in [2.05, 4.69) is 4.98 Å². The molecule has 1 heterocycles. The molecular formula is C4H4N3Tl. The molecule has 0 unspecified atom stereocenters. The molecule has 0 aromatic carbocycles. The first-order valence-electron chi connectivity index (χ1n) is 2.12. The molecule has 3 nitrogen and oxygen atoms in total. The summed E-state index contributed by atoms with van der Waals surface area (Å²) < 4.78 is 1.97. The zero-order chi connectivity index (χ0) is 5.98. The van der Waals surface area contributed by atoms with Crippen LogP contribution in [0, 0.1) is 5.41 Å². The van der Waals surface area contributed by atoms with E-state index >= 15 is 0 Å². The fourth-order valence-electron chi connectivity index (χ4n) is 0.427. The molecule has 1 rings (SSSR count). The van der Waals surface area contributed by atoms with Crippen molar-refractivity contribution in [1.29, 1.82) is 5.41 Å². The predicted octanol–water partition coefficient (Wildman–Crippen LogP) is -0.188. The topological polar surface area (TPSA) is 41.7 Å². The van der Waals surface area contributed by atoms with Gasteiger partial charge in [0.25, 0.3) is 0 Å². The number of hydrogen-bond acceptors (Lipinski definition) is 2. The molecule has 0 atom stereocenters. The van der Waals surface area contributed by atoms with Gasteiger partial charge in [-0.05, 0) is 0 Å². The molecule has 0 aliphatic heterocycles. The zero-order valence-corrected chi connectivity index (χ0v) is 8.69. The summed E-state index contributed by atoms with van der Waals surface area (Å²) in [4.78, 5) is 3.90. The van der Waals surface area contributed by atoms with Crippen molar-refractivity contribution < 1.29 is 0 Å². The molecule has 0 saturated heterocycles. The average molecular weight is 298 g/mol. The second kappa shape index (κ2) is 2.38. The molecule has 0 aliphatic carbocycles. The zero-order valence-electron chi connectivity index (χ0n) is 4.20. The number of hydrogen-bond donors (Lipinski definition) is 1. The monoisotopic (exact) mass is 299 g/mol. The summed E-state index contributed by atoms with van der Waals surface area (Å²) in [7, 11) is 0. The third kappa shape index (κ3) is 1.15. The molecule has 0 spiro atoms. The Bertz CT molecular complexity index is 193. The summed E-state index contributed by atoms with van der Waals surface area (Å²) >= 11 is 0.765. The number of aromatic nitrogens is 2. The van der Waals surface area contributed by atoms with Crippen molar-refractivity contribution in [3.05, 3.63) is 18.2 Å².